The lowest BCUT2D eigenvalue weighted by Gasteiger charge is -2.19. The maximum atomic E-state index is 14.2. The molecule has 334 valence electrons. The number of carboxylic acid groups (broad SMARTS) is 1. The number of amides is 4. The minimum absolute atomic E-state index is 0.0164. The van der Waals surface area contributed by atoms with Gasteiger partial charge in [-0.2, -0.15) is 5.10 Å². The molecule has 4 aromatic rings. The standard InChI is InChI=1S/C43H55N5O10S3Si/c1-28-23-31(46-41(52)57-21-22-62(6,7)8)25-35(47-40(51)44-19-10-9-11-20-56-32-17-15-29(16-18-32)38(49)50)37(28)30-13-12-14-34(24-30)61(54,55)36-26-33(60-39(36)59-5)27-45-48-42(53)58-43(2,3)4/h12-18,23-27H,9-11,19-22H2,1-8H3,(H,46,52)(H,48,53)(H,49,50)(H2,44,47,51). The fourth-order valence-electron chi connectivity index (χ4n) is 5.76. The summed E-state index contributed by atoms with van der Waals surface area (Å²) in [6.07, 6.45) is 3.86. The zero-order valence-corrected chi connectivity index (χ0v) is 39.6. The Balaban J connectivity index is 1.52. The third-order valence-electron chi connectivity index (χ3n) is 8.73. The lowest BCUT2D eigenvalue weighted by atomic mass is 9.97. The maximum Gasteiger partial charge on any atom is 0.428 e. The number of anilines is 2. The normalized spacial score (nSPS) is 11.8. The van der Waals surface area contributed by atoms with E-state index in [-0.39, 0.29) is 22.0 Å². The van der Waals surface area contributed by atoms with E-state index in [1.165, 1.54) is 53.6 Å². The van der Waals surface area contributed by atoms with Gasteiger partial charge in [-0.1, -0.05) is 31.8 Å². The molecule has 4 rings (SSSR count). The molecule has 0 saturated heterocycles. The molecule has 0 spiro atoms. The molecule has 0 fully saturated rings. The summed E-state index contributed by atoms with van der Waals surface area (Å²) in [4.78, 5) is 49.9. The largest absolute Gasteiger partial charge is 0.494 e. The van der Waals surface area contributed by atoms with Crippen LogP contribution in [0.3, 0.4) is 0 Å². The average Bonchev–Trinajstić information content (AvgIpc) is 3.60. The molecule has 0 bridgehead atoms. The molecule has 0 unspecified atom stereocenters. The highest BCUT2D eigenvalue weighted by molar-refractivity contribution is 8.01. The van der Waals surface area contributed by atoms with Crippen LogP contribution < -0.4 is 26.1 Å². The quantitative estimate of drug-likeness (QED) is 0.0196. The number of sulfone groups is 1. The van der Waals surface area contributed by atoms with E-state index >= 15 is 0 Å². The molecule has 0 radical (unpaired) electrons. The van der Waals surface area contributed by atoms with Crippen LogP contribution in [-0.4, -0.2) is 83.6 Å². The highest BCUT2D eigenvalue weighted by atomic mass is 32.2. The van der Waals surface area contributed by atoms with Crippen LogP contribution in [0.15, 0.2) is 85.8 Å². The summed E-state index contributed by atoms with van der Waals surface area (Å²) in [7, 11) is -5.52. The molecule has 15 nitrogen and oxygen atoms in total. The zero-order valence-electron chi connectivity index (χ0n) is 36.2. The van der Waals surface area contributed by atoms with E-state index in [1.807, 2.05) is 0 Å². The van der Waals surface area contributed by atoms with Gasteiger partial charge in [0.25, 0.3) is 0 Å². The fourth-order valence-corrected chi connectivity index (χ4v) is 10.4. The van der Waals surface area contributed by atoms with Gasteiger partial charge in [0.05, 0.1) is 44.7 Å². The number of thiophene rings is 1. The number of nitrogens with one attached hydrogen (secondary N) is 4. The van der Waals surface area contributed by atoms with Crippen molar-refractivity contribution in [1.82, 2.24) is 10.7 Å². The number of carbonyl (C=O) groups excluding carboxylic acids is 3. The summed E-state index contributed by atoms with van der Waals surface area (Å²) in [5.41, 5.74) is 4.14. The number of benzene rings is 3. The van der Waals surface area contributed by atoms with Crippen LogP contribution in [-0.2, 0) is 19.3 Å². The average molecular weight is 926 g/mol. The van der Waals surface area contributed by atoms with Crippen LogP contribution in [0.25, 0.3) is 11.1 Å². The van der Waals surface area contributed by atoms with Crippen LogP contribution in [0.5, 0.6) is 5.75 Å². The first-order valence-electron chi connectivity index (χ1n) is 19.8. The highest BCUT2D eigenvalue weighted by Gasteiger charge is 2.26. The summed E-state index contributed by atoms with van der Waals surface area (Å²) in [5.74, 6) is -0.438. The van der Waals surface area contributed by atoms with E-state index in [0.717, 1.165) is 12.5 Å². The second-order valence-corrected chi connectivity index (χ2v) is 26.0. The van der Waals surface area contributed by atoms with E-state index in [2.05, 4.69) is 46.1 Å². The Labute approximate surface area is 372 Å². The molecule has 62 heavy (non-hydrogen) atoms. The summed E-state index contributed by atoms with van der Waals surface area (Å²) >= 11 is 2.47. The van der Waals surface area contributed by atoms with E-state index < -0.39 is 47.7 Å². The SMILES string of the molecule is CSc1sc(C=NNC(=O)OC(C)(C)C)cc1S(=O)(=O)c1cccc(-c2c(C)cc(NC(=O)OCC[Si](C)(C)C)cc2NC(=O)NCCCCCOc2ccc(C(=O)O)cc2)c1. The molecular weight excluding hydrogens is 871 g/mol. The molecule has 1 aromatic heterocycles. The number of aromatic carboxylic acids is 1. The van der Waals surface area contributed by atoms with Crippen molar-refractivity contribution in [2.24, 2.45) is 5.10 Å². The molecular formula is C43H55N5O10S3Si. The van der Waals surface area contributed by atoms with Crippen molar-refractivity contribution in [3.8, 4) is 16.9 Å². The van der Waals surface area contributed by atoms with Gasteiger partial charge < -0.3 is 30.0 Å². The second kappa shape index (κ2) is 22.1. The number of carbonyl (C=O) groups is 4. The predicted molar refractivity (Wildman–Crippen MR) is 248 cm³/mol. The van der Waals surface area contributed by atoms with E-state index in [1.54, 1.807) is 76.4 Å². The third kappa shape index (κ3) is 15.5. The first-order chi connectivity index (χ1) is 29.1. The number of hydrogen-bond donors (Lipinski definition) is 5. The minimum atomic E-state index is -4.08. The summed E-state index contributed by atoms with van der Waals surface area (Å²) < 4.78 is 45.3. The van der Waals surface area contributed by atoms with Gasteiger partial charge in [-0.05, 0) is 125 Å². The Morgan fingerprint density at radius 3 is 2.31 bits per heavy atom. The fraction of sp³-hybridized carbons (Fsp3) is 0.372. The Morgan fingerprint density at radius 1 is 0.919 bits per heavy atom. The molecule has 0 atom stereocenters. The number of nitrogens with zero attached hydrogens (tertiary/aromatic N) is 1. The zero-order chi connectivity index (χ0) is 45.7. The monoisotopic (exact) mass is 925 g/mol. The smallest absolute Gasteiger partial charge is 0.428 e. The highest BCUT2D eigenvalue weighted by Crippen LogP contribution is 2.39. The first kappa shape index (κ1) is 49.3. The topological polar surface area (TPSA) is 211 Å². The number of hydrazone groups is 1. The molecule has 5 N–H and O–H groups in total. The molecule has 0 aliphatic rings. The Kier molecular flexibility index (Phi) is 17.6. The molecule has 0 saturated carbocycles. The molecule has 0 aliphatic heterocycles. The van der Waals surface area contributed by atoms with Crippen LogP contribution in [0.4, 0.5) is 25.8 Å². The van der Waals surface area contributed by atoms with Crippen LogP contribution in [0.1, 0.15) is 60.8 Å². The molecule has 1 heterocycles. The Hall–Kier alpha value is -5.37. The predicted octanol–water partition coefficient (Wildman–Crippen LogP) is 10.1. The van der Waals surface area contributed by atoms with Gasteiger partial charge >= 0.3 is 24.2 Å². The number of aryl methyl sites for hydroxylation is 1. The van der Waals surface area contributed by atoms with Gasteiger partial charge in [-0.3, -0.25) is 5.32 Å². The van der Waals surface area contributed by atoms with Gasteiger partial charge in [-0.25, -0.2) is 33.0 Å². The number of thioether (sulfide) groups is 1. The van der Waals surface area contributed by atoms with E-state index in [9.17, 15) is 27.6 Å². The van der Waals surface area contributed by atoms with Crippen molar-refractivity contribution < 1.29 is 46.9 Å². The molecule has 3 aromatic carbocycles. The van der Waals surface area contributed by atoms with E-state index in [4.69, 9.17) is 19.3 Å². The number of unbranched alkanes of at least 4 members (excludes halogenated alkanes) is 2. The minimum Gasteiger partial charge on any atom is -0.494 e. The lowest BCUT2D eigenvalue weighted by molar-refractivity contribution is 0.0528. The van der Waals surface area contributed by atoms with Gasteiger partial charge in [-0.15, -0.1) is 23.1 Å². The van der Waals surface area contributed by atoms with Crippen molar-refractivity contribution in [1.29, 1.82) is 0 Å². The van der Waals surface area contributed by atoms with Gasteiger partial charge in [0.15, 0.2) is 0 Å². The van der Waals surface area contributed by atoms with Gasteiger partial charge in [0, 0.05) is 30.7 Å². The Bertz CT molecular complexity index is 2360. The Morgan fingerprint density at radius 2 is 1.65 bits per heavy atom. The first-order valence-corrected chi connectivity index (χ1v) is 27.0. The van der Waals surface area contributed by atoms with Gasteiger partial charge in [0.1, 0.15) is 11.4 Å². The number of carboxylic acids is 1. The number of ether oxygens (including phenoxy) is 3. The van der Waals surface area contributed by atoms with Crippen molar-refractivity contribution in [3.63, 3.8) is 0 Å². The van der Waals surface area contributed by atoms with Crippen LogP contribution >= 0.6 is 23.1 Å². The maximum absolute atomic E-state index is 14.2. The summed E-state index contributed by atoms with van der Waals surface area (Å²) in [6, 6.07) is 17.7. The lowest BCUT2D eigenvalue weighted by Crippen LogP contribution is -2.30. The molecule has 4 amide bonds. The van der Waals surface area contributed by atoms with E-state index in [0.29, 0.717) is 68.9 Å². The van der Waals surface area contributed by atoms with Crippen molar-refractivity contribution in [2.75, 3.05) is 36.6 Å². The molecule has 0 aliphatic carbocycles. The summed E-state index contributed by atoms with van der Waals surface area (Å²) in [6.45, 7) is 14.6. The number of urea groups is 1. The number of rotatable bonds is 19. The second-order valence-electron chi connectivity index (χ2n) is 16.3. The van der Waals surface area contributed by atoms with Crippen molar-refractivity contribution in [3.05, 3.63) is 82.7 Å². The van der Waals surface area contributed by atoms with Crippen molar-refractivity contribution in [2.45, 2.75) is 92.2 Å². The third-order valence-corrected chi connectivity index (χ3v) is 14.7. The van der Waals surface area contributed by atoms with Crippen LogP contribution in [0.2, 0.25) is 25.7 Å². The van der Waals surface area contributed by atoms with Crippen LogP contribution in [0, 0.1) is 6.92 Å². The van der Waals surface area contributed by atoms with Crippen molar-refractivity contribution >= 4 is 82.8 Å². The van der Waals surface area contributed by atoms with Gasteiger partial charge in [0.2, 0.25) is 9.84 Å². The number of hydrogen-bond acceptors (Lipinski definition) is 12. The summed E-state index contributed by atoms with van der Waals surface area (Å²) in [5, 5.41) is 21.5. The molecule has 19 heteroatoms.